The summed E-state index contributed by atoms with van der Waals surface area (Å²) in [5.41, 5.74) is 0. The molecule has 0 aromatic carbocycles. The van der Waals surface area contributed by atoms with Crippen molar-refractivity contribution in [1.82, 2.24) is 19.4 Å². The van der Waals surface area contributed by atoms with E-state index in [4.69, 9.17) is 4.74 Å². The van der Waals surface area contributed by atoms with Gasteiger partial charge in [-0.05, 0) is 32.6 Å². The molecule has 2 aliphatic heterocycles. The second-order valence-electron chi connectivity index (χ2n) is 7.32. The molecule has 0 radical (unpaired) electrons. The van der Waals surface area contributed by atoms with Crippen LogP contribution in [0.25, 0.3) is 0 Å². The Balaban J connectivity index is 1.51. The van der Waals surface area contributed by atoms with Gasteiger partial charge in [-0.1, -0.05) is 0 Å². The van der Waals surface area contributed by atoms with Crippen LogP contribution in [0.5, 0.6) is 0 Å². The monoisotopic (exact) mass is 362 g/mol. The third kappa shape index (κ3) is 4.44. The topological polar surface area (TPSA) is 67.7 Å². The molecule has 0 atom stereocenters. The number of carbonyl (C=O) groups excluding carboxylic acids is 2. The molecule has 1 aromatic rings. The fourth-order valence-corrected chi connectivity index (χ4v) is 4.05. The molecule has 0 aliphatic carbocycles. The fourth-order valence-electron chi connectivity index (χ4n) is 4.05. The smallest absolute Gasteiger partial charge is 0.225 e. The average Bonchev–Trinajstić information content (AvgIpc) is 3.07. The molecule has 2 saturated heterocycles. The van der Waals surface area contributed by atoms with Gasteiger partial charge < -0.3 is 19.1 Å². The molecule has 1 aromatic heterocycles. The molecule has 2 fully saturated rings. The number of hydrogen-bond acceptors (Lipinski definition) is 4. The molecule has 2 aliphatic rings. The van der Waals surface area contributed by atoms with Gasteiger partial charge in [-0.3, -0.25) is 9.59 Å². The lowest BCUT2D eigenvalue weighted by Crippen LogP contribution is -2.50. The van der Waals surface area contributed by atoms with Crippen LogP contribution in [0.2, 0.25) is 0 Å². The number of nitrogens with zero attached hydrogens (tertiary/aromatic N) is 4. The lowest BCUT2D eigenvalue weighted by Gasteiger charge is -2.39. The number of imidazole rings is 1. The van der Waals surface area contributed by atoms with Gasteiger partial charge in [0.25, 0.3) is 0 Å². The van der Waals surface area contributed by atoms with Crippen LogP contribution in [0.4, 0.5) is 0 Å². The highest BCUT2D eigenvalue weighted by atomic mass is 16.5. The Bertz CT molecular complexity index is 616. The molecule has 0 spiro atoms. The summed E-state index contributed by atoms with van der Waals surface area (Å²) < 4.78 is 7.43. The van der Waals surface area contributed by atoms with Gasteiger partial charge >= 0.3 is 0 Å². The van der Waals surface area contributed by atoms with Crippen molar-refractivity contribution in [1.29, 1.82) is 0 Å². The summed E-state index contributed by atoms with van der Waals surface area (Å²) in [5.74, 6) is 1.46. The first-order valence-electron chi connectivity index (χ1n) is 9.67. The largest absolute Gasteiger partial charge is 0.381 e. The summed E-state index contributed by atoms with van der Waals surface area (Å²) in [5, 5.41) is 0. The summed E-state index contributed by atoms with van der Waals surface area (Å²) in [7, 11) is 0. The van der Waals surface area contributed by atoms with Crippen molar-refractivity contribution in [2.24, 2.45) is 5.92 Å². The van der Waals surface area contributed by atoms with Gasteiger partial charge in [-0.2, -0.15) is 0 Å². The molecule has 3 rings (SSSR count). The van der Waals surface area contributed by atoms with Crippen LogP contribution in [0.1, 0.15) is 38.4 Å². The third-order valence-corrected chi connectivity index (χ3v) is 5.70. The zero-order valence-electron chi connectivity index (χ0n) is 15.9. The molecule has 0 N–H and O–H groups in total. The number of piperidine rings is 1. The minimum atomic E-state index is 0.108. The number of aryl methyl sites for hydroxylation is 1. The SMILES string of the molecule is CC(=O)N(CCn1ccnc1C)C1CCN(C(=O)C2CCOCC2)CC1. The van der Waals surface area contributed by atoms with E-state index in [0.717, 1.165) is 51.1 Å². The molecular weight excluding hydrogens is 332 g/mol. The van der Waals surface area contributed by atoms with Crippen LogP contribution >= 0.6 is 0 Å². The van der Waals surface area contributed by atoms with E-state index in [1.165, 1.54) is 0 Å². The van der Waals surface area contributed by atoms with Crippen molar-refractivity contribution in [2.45, 2.75) is 52.1 Å². The maximum atomic E-state index is 12.7. The highest BCUT2D eigenvalue weighted by molar-refractivity contribution is 5.79. The van der Waals surface area contributed by atoms with E-state index in [1.54, 1.807) is 13.1 Å². The van der Waals surface area contributed by atoms with Crippen LogP contribution in [-0.2, 0) is 20.9 Å². The molecule has 0 saturated carbocycles. The average molecular weight is 362 g/mol. The van der Waals surface area contributed by atoms with E-state index < -0.39 is 0 Å². The first kappa shape index (κ1) is 18.9. The number of aromatic nitrogens is 2. The van der Waals surface area contributed by atoms with Crippen LogP contribution in [-0.4, -0.2) is 70.1 Å². The van der Waals surface area contributed by atoms with Gasteiger partial charge in [0.2, 0.25) is 11.8 Å². The van der Waals surface area contributed by atoms with Gasteiger partial charge in [0.1, 0.15) is 5.82 Å². The molecule has 7 nitrogen and oxygen atoms in total. The zero-order valence-corrected chi connectivity index (χ0v) is 15.9. The number of carbonyl (C=O) groups is 2. The zero-order chi connectivity index (χ0) is 18.5. The molecule has 0 bridgehead atoms. The number of ether oxygens (including phenoxy) is 1. The van der Waals surface area contributed by atoms with E-state index >= 15 is 0 Å². The summed E-state index contributed by atoms with van der Waals surface area (Å²) in [6.07, 6.45) is 7.12. The second kappa shape index (κ2) is 8.66. The molecule has 144 valence electrons. The van der Waals surface area contributed by atoms with Gasteiger partial charge in [-0.15, -0.1) is 0 Å². The van der Waals surface area contributed by atoms with Crippen LogP contribution in [0.15, 0.2) is 12.4 Å². The quantitative estimate of drug-likeness (QED) is 0.795. The van der Waals surface area contributed by atoms with Crippen LogP contribution < -0.4 is 0 Å². The first-order valence-corrected chi connectivity index (χ1v) is 9.67. The van der Waals surface area contributed by atoms with E-state index in [-0.39, 0.29) is 23.8 Å². The number of rotatable bonds is 5. The van der Waals surface area contributed by atoms with E-state index in [1.807, 2.05) is 22.9 Å². The Morgan fingerprint density at radius 1 is 1.23 bits per heavy atom. The molecular formula is C19H30N4O3. The van der Waals surface area contributed by atoms with Crippen LogP contribution in [0, 0.1) is 12.8 Å². The second-order valence-corrected chi connectivity index (χ2v) is 7.32. The number of amides is 2. The van der Waals surface area contributed by atoms with Crippen LogP contribution in [0.3, 0.4) is 0 Å². The Labute approximate surface area is 155 Å². The van der Waals surface area contributed by atoms with Crippen molar-refractivity contribution < 1.29 is 14.3 Å². The highest BCUT2D eigenvalue weighted by Gasteiger charge is 2.31. The van der Waals surface area contributed by atoms with Crippen molar-refractivity contribution in [2.75, 3.05) is 32.8 Å². The van der Waals surface area contributed by atoms with Gasteiger partial charge in [0.15, 0.2) is 0 Å². The predicted octanol–water partition coefficient (Wildman–Crippen LogP) is 1.46. The Hall–Kier alpha value is -1.89. The summed E-state index contributed by atoms with van der Waals surface area (Å²) in [6, 6.07) is 0.218. The van der Waals surface area contributed by atoms with Crippen molar-refractivity contribution in [3.05, 3.63) is 18.2 Å². The maximum absolute atomic E-state index is 12.7. The molecule has 0 unspecified atom stereocenters. The van der Waals surface area contributed by atoms with Gasteiger partial charge in [0, 0.05) is 70.7 Å². The molecule has 3 heterocycles. The van der Waals surface area contributed by atoms with E-state index in [2.05, 4.69) is 9.55 Å². The van der Waals surface area contributed by atoms with Crippen molar-refractivity contribution in [3.8, 4) is 0 Å². The van der Waals surface area contributed by atoms with E-state index in [9.17, 15) is 9.59 Å². The van der Waals surface area contributed by atoms with Gasteiger partial charge in [-0.25, -0.2) is 4.98 Å². The summed E-state index contributed by atoms with van der Waals surface area (Å²) >= 11 is 0. The molecule has 7 heteroatoms. The lowest BCUT2D eigenvalue weighted by molar-refractivity contribution is -0.141. The number of likely N-dealkylation sites (tertiary alicyclic amines) is 1. The third-order valence-electron chi connectivity index (χ3n) is 5.70. The minimum absolute atomic E-state index is 0.108. The van der Waals surface area contributed by atoms with Crippen molar-refractivity contribution in [3.63, 3.8) is 0 Å². The Morgan fingerprint density at radius 3 is 2.50 bits per heavy atom. The minimum Gasteiger partial charge on any atom is -0.381 e. The Morgan fingerprint density at radius 2 is 1.92 bits per heavy atom. The standard InChI is InChI=1S/C19H30N4O3/c1-15-20-7-10-21(15)11-12-23(16(2)24)18-3-8-22(9-4-18)19(25)17-5-13-26-14-6-17/h7,10,17-18H,3-6,8-9,11-14H2,1-2H3. The van der Waals surface area contributed by atoms with Crippen molar-refractivity contribution >= 4 is 11.8 Å². The molecule has 26 heavy (non-hydrogen) atoms. The first-order chi connectivity index (χ1) is 12.6. The Kier molecular flexibility index (Phi) is 6.29. The normalized spacial score (nSPS) is 19.5. The number of hydrogen-bond donors (Lipinski definition) is 0. The maximum Gasteiger partial charge on any atom is 0.225 e. The predicted molar refractivity (Wildman–Crippen MR) is 97.5 cm³/mol. The molecule has 2 amide bonds. The lowest BCUT2D eigenvalue weighted by atomic mass is 9.96. The highest BCUT2D eigenvalue weighted by Crippen LogP contribution is 2.22. The summed E-state index contributed by atoms with van der Waals surface area (Å²) in [4.78, 5) is 33.0. The van der Waals surface area contributed by atoms with E-state index in [0.29, 0.717) is 19.8 Å². The summed E-state index contributed by atoms with van der Waals surface area (Å²) in [6.45, 7) is 7.93. The van der Waals surface area contributed by atoms with Gasteiger partial charge in [0.05, 0.1) is 0 Å². The fraction of sp³-hybridized carbons (Fsp3) is 0.737.